The highest BCUT2D eigenvalue weighted by atomic mass is 16.6. The molecule has 1 aliphatic rings. The molecule has 104 valence electrons. The summed E-state index contributed by atoms with van der Waals surface area (Å²) < 4.78 is 0. The van der Waals surface area contributed by atoms with E-state index in [2.05, 4.69) is 5.32 Å². The minimum Gasteiger partial charge on any atom is -0.358 e. The zero-order valence-electron chi connectivity index (χ0n) is 10.4. The van der Waals surface area contributed by atoms with Crippen molar-refractivity contribution < 1.29 is 9.85 Å². The number of hydrogen-bond acceptors (Lipinski definition) is 7. The molecule has 0 atom stereocenters. The van der Waals surface area contributed by atoms with Crippen LogP contribution in [0.3, 0.4) is 0 Å². The Hall–Kier alpha value is -2.73. The summed E-state index contributed by atoms with van der Waals surface area (Å²) in [7, 11) is 0. The quantitative estimate of drug-likeness (QED) is 0.639. The molecule has 1 fully saturated rings. The molecule has 9 heteroatoms. The van der Waals surface area contributed by atoms with Crippen molar-refractivity contribution in [3.8, 4) is 6.07 Å². The van der Waals surface area contributed by atoms with E-state index in [0.717, 1.165) is 12.1 Å². The minimum atomic E-state index is -0.689. The highest BCUT2D eigenvalue weighted by molar-refractivity contribution is 5.77. The van der Waals surface area contributed by atoms with Gasteiger partial charge in [0.25, 0.3) is 0 Å². The monoisotopic (exact) mass is 277 g/mol. The fraction of sp³-hybridized carbons (Fsp3) is 0.364. The summed E-state index contributed by atoms with van der Waals surface area (Å²) in [5.74, 6) is 0. The molecular formula is C11H11N5O4. The van der Waals surface area contributed by atoms with Gasteiger partial charge in [0.1, 0.15) is 0 Å². The summed E-state index contributed by atoms with van der Waals surface area (Å²) in [4.78, 5) is 22.5. The smallest absolute Gasteiger partial charge is 0.300 e. The standard InChI is InChI=1S/C11H11N5O4/c12-7-8-5-9(15(17)18)11(10(6-8)16(19)20)14-3-1-13-2-4-14/h5-6,13H,1-4H2. The average Bonchev–Trinajstić information content (AvgIpc) is 2.46. The second-order valence-corrected chi connectivity index (χ2v) is 4.23. The van der Waals surface area contributed by atoms with Gasteiger partial charge in [-0.1, -0.05) is 0 Å². The first-order chi connectivity index (χ1) is 9.54. The second kappa shape index (κ2) is 5.50. The van der Waals surface area contributed by atoms with Crippen LogP contribution >= 0.6 is 0 Å². The van der Waals surface area contributed by atoms with Gasteiger partial charge in [0, 0.05) is 38.3 Å². The Morgan fingerprint density at radius 2 is 1.65 bits per heavy atom. The molecule has 1 aromatic carbocycles. The summed E-state index contributed by atoms with van der Waals surface area (Å²) in [6, 6.07) is 3.86. The summed E-state index contributed by atoms with van der Waals surface area (Å²) in [5.41, 5.74) is -0.932. The van der Waals surface area contributed by atoms with Crippen LogP contribution in [-0.2, 0) is 0 Å². The van der Waals surface area contributed by atoms with Crippen LogP contribution in [0.15, 0.2) is 12.1 Å². The molecule has 0 radical (unpaired) electrons. The number of nitrogens with one attached hydrogen (secondary N) is 1. The lowest BCUT2D eigenvalue weighted by Crippen LogP contribution is -2.44. The fourth-order valence-electron chi connectivity index (χ4n) is 2.16. The number of anilines is 1. The maximum atomic E-state index is 11.1. The number of nitriles is 1. The van der Waals surface area contributed by atoms with Gasteiger partial charge in [-0.3, -0.25) is 20.2 Å². The third-order valence-electron chi connectivity index (χ3n) is 3.03. The zero-order valence-corrected chi connectivity index (χ0v) is 10.4. The molecular weight excluding hydrogens is 266 g/mol. The molecule has 1 saturated heterocycles. The van der Waals surface area contributed by atoms with Crippen LogP contribution in [0.2, 0.25) is 0 Å². The van der Waals surface area contributed by atoms with Crippen LogP contribution < -0.4 is 10.2 Å². The van der Waals surface area contributed by atoms with Crippen molar-refractivity contribution in [2.75, 3.05) is 31.1 Å². The number of nitro groups is 2. The van der Waals surface area contributed by atoms with Crippen LogP contribution in [0.25, 0.3) is 0 Å². The fourth-order valence-corrected chi connectivity index (χ4v) is 2.16. The van der Waals surface area contributed by atoms with E-state index in [1.165, 1.54) is 0 Å². The predicted molar refractivity (Wildman–Crippen MR) is 69.5 cm³/mol. The van der Waals surface area contributed by atoms with Gasteiger partial charge in [0.05, 0.1) is 21.5 Å². The number of rotatable bonds is 3. The van der Waals surface area contributed by atoms with Crippen molar-refractivity contribution in [3.63, 3.8) is 0 Å². The van der Waals surface area contributed by atoms with E-state index in [9.17, 15) is 20.2 Å². The molecule has 0 aromatic heterocycles. The van der Waals surface area contributed by atoms with Gasteiger partial charge in [-0.15, -0.1) is 0 Å². The molecule has 9 nitrogen and oxygen atoms in total. The SMILES string of the molecule is N#Cc1cc([N+](=O)[O-])c(N2CCNCC2)c([N+](=O)[O-])c1. The Kier molecular flexibility index (Phi) is 3.76. The van der Waals surface area contributed by atoms with Crippen LogP contribution in [-0.4, -0.2) is 36.0 Å². The van der Waals surface area contributed by atoms with Gasteiger partial charge in [0.2, 0.25) is 0 Å². The van der Waals surface area contributed by atoms with Crippen molar-refractivity contribution >= 4 is 17.1 Å². The van der Waals surface area contributed by atoms with E-state index < -0.39 is 21.2 Å². The lowest BCUT2D eigenvalue weighted by atomic mass is 10.1. The van der Waals surface area contributed by atoms with Crippen LogP contribution in [0.4, 0.5) is 17.1 Å². The van der Waals surface area contributed by atoms with E-state index in [1.807, 2.05) is 0 Å². The topological polar surface area (TPSA) is 125 Å². The maximum absolute atomic E-state index is 11.1. The van der Waals surface area contributed by atoms with Gasteiger partial charge in [-0.2, -0.15) is 5.26 Å². The van der Waals surface area contributed by atoms with Crippen LogP contribution in [0.5, 0.6) is 0 Å². The Morgan fingerprint density at radius 1 is 1.15 bits per heavy atom. The Bertz CT molecular complexity index is 568. The molecule has 0 bridgehead atoms. The molecule has 0 unspecified atom stereocenters. The Labute approximate surface area is 113 Å². The van der Waals surface area contributed by atoms with Gasteiger partial charge in [-0.05, 0) is 0 Å². The first-order valence-corrected chi connectivity index (χ1v) is 5.87. The summed E-state index contributed by atoms with van der Waals surface area (Å²) >= 11 is 0. The molecule has 1 aromatic rings. The highest BCUT2D eigenvalue weighted by Gasteiger charge is 2.31. The number of piperazine rings is 1. The second-order valence-electron chi connectivity index (χ2n) is 4.23. The molecule has 20 heavy (non-hydrogen) atoms. The molecule has 1 aliphatic heterocycles. The Morgan fingerprint density at radius 3 is 2.05 bits per heavy atom. The van der Waals surface area contributed by atoms with Crippen LogP contribution in [0, 0.1) is 31.6 Å². The number of nitro benzene ring substituents is 2. The van der Waals surface area contributed by atoms with Crippen molar-refractivity contribution in [1.82, 2.24) is 5.32 Å². The first kappa shape index (κ1) is 13.7. The number of hydrogen-bond donors (Lipinski definition) is 1. The highest BCUT2D eigenvalue weighted by Crippen LogP contribution is 2.38. The number of benzene rings is 1. The normalized spacial score (nSPS) is 14.7. The van der Waals surface area contributed by atoms with E-state index in [4.69, 9.17) is 5.26 Å². The molecule has 0 amide bonds. The largest absolute Gasteiger partial charge is 0.358 e. The lowest BCUT2D eigenvalue weighted by Gasteiger charge is -2.28. The first-order valence-electron chi connectivity index (χ1n) is 5.87. The van der Waals surface area contributed by atoms with Crippen molar-refractivity contribution in [2.45, 2.75) is 0 Å². The third kappa shape index (κ3) is 2.50. The molecule has 2 rings (SSSR count). The van der Waals surface area contributed by atoms with E-state index in [0.29, 0.717) is 26.2 Å². The maximum Gasteiger partial charge on any atom is 0.300 e. The molecule has 0 saturated carbocycles. The van der Waals surface area contributed by atoms with E-state index in [1.54, 1.807) is 11.0 Å². The zero-order chi connectivity index (χ0) is 14.7. The van der Waals surface area contributed by atoms with E-state index >= 15 is 0 Å². The molecule has 0 spiro atoms. The summed E-state index contributed by atoms with van der Waals surface area (Å²) in [5, 5.41) is 34.2. The van der Waals surface area contributed by atoms with E-state index in [-0.39, 0.29) is 11.3 Å². The number of nitrogens with zero attached hydrogens (tertiary/aromatic N) is 4. The van der Waals surface area contributed by atoms with Crippen molar-refractivity contribution in [1.29, 1.82) is 5.26 Å². The summed E-state index contributed by atoms with van der Waals surface area (Å²) in [6.07, 6.45) is 0. The van der Waals surface area contributed by atoms with Crippen molar-refractivity contribution in [3.05, 3.63) is 37.9 Å². The lowest BCUT2D eigenvalue weighted by molar-refractivity contribution is -0.392. The van der Waals surface area contributed by atoms with Gasteiger partial charge < -0.3 is 10.2 Å². The van der Waals surface area contributed by atoms with Crippen molar-refractivity contribution in [2.24, 2.45) is 0 Å². The molecule has 1 heterocycles. The van der Waals surface area contributed by atoms with Gasteiger partial charge in [-0.25, -0.2) is 0 Å². The average molecular weight is 277 g/mol. The minimum absolute atomic E-state index is 0.0273. The molecule has 0 aliphatic carbocycles. The summed E-state index contributed by atoms with van der Waals surface area (Å²) in [6.45, 7) is 2.06. The van der Waals surface area contributed by atoms with Gasteiger partial charge >= 0.3 is 11.4 Å². The Balaban J connectivity index is 2.64. The van der Waals surface area contributed by atoms with Crippen LogP contribution in [0.1, 0.15) is 5.56 Å². The predicted octanol–water partition coefficient (Wildman–Crippen LogP) is 0.784. The third-order valence-corrected chi connectivity index (χ3v) is 3.03. The molecule has 1 N–H and O–H groups in total. The van der Waals surface area contributed by atoms with Gasteiger partial charge in [0.15, 0.2) is 5.69 Å².